The Bertz CT molecular complexity index is 316. The van der Waals surface area contributed by atoms with E-state index in [0.717, 1.165) is 24.4 Å². The molecule has 1 aliphatic rings. The van der Waals surface area contributed by atoms with Gasteiger partial charge in [-0.15, -0.1) is 0 Å². The average molecular weight is 212 g/mol. The first-order valence-electron chi connectivity index (χ1n) is 4.92. The summed E-state index contributed by atoms with van der Waals surface area (Å²) in [6.45, 7) is 0.873. The first kappa shape index (κ1) is 9.97. The Hall–Kier alpha value is -0.570. The molecule has 1 fully saturated rings. The van der Waals surface area contributed by atoms with Gasteiger partial charge in [-0.3, -0.25) is 5.32 Å². The Morgan fingerprint density at radius 3 is 3.00 bits per heavy atom. The molecule has 0 amide bonds. The molecule has 2 N–H and O–H groups in total. The van der Waals surface area contributed by atoms with Gasteiger partial charge in [-0.05, 0) is 43.0 Å². The van der Waals surface area contributed by atoms with Gasteiger partial charge in [-0.2, -0.15) is 0 Å². The Balaban J connectivity index is 2.14. The first-order valence-corrected chi connectivity index (χ1v) is 5.30. The Morgan fingerprint density at radius 2 is 2.29 bits per heavy atom. The zero-order valence-electron chi connectivity index (χ0n) is 7.91. The van der Waals surface area contributed by atoms with E-state index in [1.54, 1.807) is 0 Å². The van der Waals surface area contributed by atoms with Gasteiger partial charge in [-0.1, -0.05) is 23.7 Å². The van der Waals surface area contributed by atoms with E-state index in [4.69, 9.17) is 11.6 Å². The quantitative estimate of drug-likeness (QED) is 0.746. The van der Waals surface area contributed by atoms with Crippen molar-refractivity contribution >= 4 is 11.6 Å². The van der Waals surface area contributed by atoms with Gasteiger partial charge in [0.15, 0.2) is 0 Å². The second-order valence-electron chi connectivity index (χ2n) is 3.75. The fourth-order valence-electron chi connectivity index (χ4n) is 1.96. The Kier molecular flexibility index (Phi) is 3.06. The normalized spacial score (nSPS) is 27.6. The summed E-state index contributed by atoms with van der Waals surface area (Å²) in [6.07, 6.45) is 1.48. The third kappa shape index (κ3) is 2.27. The van der Waals surface area contributed by atoms with Crippen LogP contribution >= 0.6 is 11.6 Å². The number of nitrogens with one attached hydrogen (secondary N) is 1. The largest absolute Gasteiger partial charge is 0.379 e. The predicted octanol–water partition coefficient (Wildman–Crippen LogP) is 2.13. The zero-order valence-corrected chi connectivity index (χ0v) is 8.67. The minimum atomic E-state index is -0.368. The molecule has 0 radical (unpaired) electrons. The van der Waals surface area contributed by atoms with Gasteiger partial charge in [0.05, 0.1) is 0 Å². The van der Waals surface area contributed by atoms with Crippen molar-refractivity contribution in [1.82, 2.24) is 5.32 Å². The minimum Gasteiger partial charge on any atom is -0.379 e. The molecule has 1 heterocycles. The van der Waals surface area contributed by atoms with Gasteiger partial charge in [0.1, 0.15) is 6.23 Å². The van der Waals surface area contributed by atoms with Crippen LogP contribution in [0.1, 0.15) is 24.3 Å². The van der Waals surface area contributed by atoms with Crippen LogP contribution in [0.2, 0.25) is 5.02 Å². The van der Waals surface area contributed by atoms with Crippen LogP contribution in [0, 0.1) is 0 Å². The lowest BCUT2D eigenvalue weighted by atomic mass is 9.89. The highest BCUT2D eigenvalue weighted by molar-refractivity contribution is 6.30. The molecule has 0 saturated carbocycles. The number of hydrogen-bond acceptors (Lipinski definition) is 2. The van der Waals surface area contributed by atoms with Crippen molar-refractivity contribution in [2.45, 2.75) is 25.0 Å². The Morgan fingerprint density at radius 1 is 1.43 bits per heavy atom. The van der Waals surface area contributed by atoms with Crippen molar-refractivity contribution in [1.29, 1.82) is 0 Å². The third-order valence-electron chi connectivity index (χ3n) is 2.70. The molecule has 1 aromatic carbocycles. The lowest BCUT2D eigenvalue weighted by Gasteiger charge is -2.27. The third-order valence-corrected chi connectivity index (χ3v) is 2.94. The number of rotatable bonds is 1. The molecule has 1 saturated heterocycles. The first-order chi connectivity index (χ1) is 6.75. The van der Waals surface area contributed by atoms with Crippen molar-refractivity contribution < 1.29 is 5.11 Å². The summed E-state index contributed by atoms with van der Waals surface area (Å²) in [4.78, 5) is 0. The molecule has 76 valence electrons. The SMILES string of the molecule is OC1CC(c2cccc(Cl)c2)CCN1. The topological polar surface area (TPSA) is 32.3 Å². The highest BCUT2D eigenvalue weighted by Crippen LogP contribution is 2.28. The van der Waals surface area contributed by atoms with Gasteiger partial charge < -0.3 is 5.11 Å². The van der Waals surface area contributed by atoms with E-state index in [2.05, 4.69) is 11.4 Å². The fraction of sp³-hybridized carbons (Fsp3) is 0.455. The number of benzene rings is 1. The van der Waals surface area contributed by atoms with Crippen LogP contribution in [0.5, 0.6) is 0 Å². The van der Waals surface area contributed by atoms with Crippen molar-refractivity contribution in [3.63, 3.8) is 0 Å². The molecule has 0 bridgehead atoms. The van der Waals surface area contributed by atoms with Crippen molar-refractivity contribution in [2.24, 2.45) is 0 Å². The number of halogens is 1. The summed E-state index contributed by atoms with van der Waals surface area (Å²) < 4.78 is 0. The summed E-state index contributed by atoms with van der Waals surface area (Å²) in [5.74, 6) is 0.435. The lowest BCUT2D eigenvalue weighted by Crippen LogP contribution is -2.36. The van der Waals surface area contributed by atoms with Gasteiger partial charge in [0.2, 0.25) is 0 Å². The van der Waals surface area contributed by atoms with Crippen molar-refractivity contribution in [3.05, 3.63) is 34.9 Å². The summed E-state index contributed by atoms with van der Waals surface area (Å²) in [5, 5.41) is 13.3. The molecule has 1 aromatic rings. The van der Waals surface area contributed by atoms with Crippen LogP contribution in [0.4, 0.5) is 0 Å². The van der Waals surface area contributed by atoms with Crippen LogP contribution < -0.4 is 5.32 Å². The second kappa shape index (κ2) is 4.30. The van der Waals surface area contributed by atoms with Crippen LogP contribution in [-0.4, -0.2) is 17.9 Å². The number of piperidine rings is 1. The molecule has 2 rings (SSSR count). The Labute approximate surface area is 88.9 Å². The molecule has 2 unspecified atom stereocenters. The summed E-state index contributed by atoms with van der Waals surface area (Å²) in [5.41, 5.74) is 1.23. The molecule has 0 aliphatic carbocycles. The molecule has 2 atom stereocenters. The van der Waals surface area contributed by atoms with Gasteiger partial charge in [-0.25, -0.2) is 0 Å². The van der Waals surface area contributed by atoms with E-state index >= 15 is 0 Å². The van der Waals surface area contributed by atoms with Crippen LogP contribution in [0.15, 0.2) is 24.3 Å². The number of aliphatic hydroxyl groups excluding tert-OH is 1. The monoisotopic (exact) mass is 211 g/mol. The van der Waals surface area contributed by atoms with E-state index in [1.165, 1.54) is 5.56 Å². The van der Waals surface area contributed by atoms with Gasteiger partial charge in [0, 0.05) is 5.02 Å². The van der Waals surface area contributed by atoms with E-state index in [1.807, 2.05) is 18.2 Å². The van der Waals surface area contributed by atoms with Crippen LogP contribution in [-0.2, 0) is 0 Å². The van der Waals surface area contributed by atoms with Crippen molar-refractivity contribution in [2.75, 3.05) is 6.54 Å². The minimum absolute atomic E-state index is 0.368. The molecular weight excluding hydrogens is 198 g/mol. The molecule has 3 heteroatoms. The molecule has 0 aromatic heterocycles. The fourth-order valence-corrected chi connectivity index (χ4v) is 2.16. The van der Waals surface area contributed by atoms with Gasteiger partial charge >= 0.3 is 0 Å². The van der Waals surface area contributed by atoms with Crippen LogP contribution in [0.3, 0.4) is 0 Å². The number of hydrogen-bond donors (Lipinski definition) is 2. The molecule has 2 nitrogen and oxygen atoms in total. The van der Waals surface area contributed by atoms with Crippen LogP contribution in [0.25, 0.3) is 0 Å². The number of aliphatic hydroxyl groups is 1. The summed E-state index contributed by atoms with van der Waals surface area (Å²) in [7, 11) is 0. The lowest BCUT2D eigenvalue weighted by molar-refractivity contribution is 0.0978. The standard InChI is InChI=1S/C11H14ClNO/c12-10-3-1-2-8(6-10)9-4-5-13-11(14)7-9/h1-3,6,9,11,13-14H,4-5,7H2. The summed E-state index contributed by atoms with van der Waals surface area (Å²) in [6, 6.07) is 7.91. The molecular formula is C11H14ClNO. The maximum Gasteiger partial charge on any atom is 0.105 e. The van der Waals surface area contributed by atoms with E-state index in [-0.39, 0.29) is 6.23 Å². The average Bonchev–Trinajstić information content (AvgIpc) is 2.18. The summed E-state index contributed by atoms with van der Waals surface area (Å²) >= 11 is 5.92. The second-order valence-corrected chi connectivity index (χ2v) is 4.18. The molecule has 14 heavy (non-hydrogen) atoms. The zero-order chi connectivity index (χ0) is 9.97. The predicted molar refractivity (Wildman–Crippen MR) is 57.4 cm³/mol. The van der Waals surface area contributed by atoms with E-state index in [0.29, 0.717) is 5.92 Å². The van der Waals surface area contributed by atoms with Gasteiger partial charge in [0.25, 0.3) is 0 Å². The smallest absolute Gasteiger partial charge is 0.105 e. The molecule has 1 aliphatic heterocycles. The molecule has 0 spiro atoms. The maximum absolute atomic E-state index is 9.47. The maximum atomic E-state index is 9.47. The van der Waals surface area contributed by atoms with Crippen molar-refractivity contribution in [3.8, 4) is 0 Å². The van der Waals surface area contributed by atoms with E-state index in [9.17, 15) is 5.11 Å². The van der Waals surface area contributed by atoms with E-state index < -0.39 is 0 Å². The highest BCUT2D eigenvalue weighted by Gasteiger charge is 2.20. The highest BCUT2D eigenvalue weighted by atomic mass is 35.5.